The fourth-order valence-electron chi connectivity index (χ4n) is 3.24. The van der Waals surface area contributed by atoms with Crippen LogP contribution in [-0.2, 0) is 38.0 Å². The summed E-state index contributed by atoms with van der Waals surface area (Å²) in [5.41, 5.74) is -0.256. The van der Waals surface area contributed by atoms with Crippen LogP contribution in [0.15, 0.2) is 17.1 Å². The Morgan fingerprint density at radius 3 is 2.34 bits per heavy atom. The molecule has 2 heterocycles. The molecular weight excluding hydrogens is 537 g/mol. The molecule has 3 unspecified atom stereocenters. The molecule has 6 atom stereocenters. The van der Waals surface area contributed by atoms with E-state index in [-0.39, 0.29) is 0 Å². The third kappa shape index (κ3) is 9.86. The molecule has 1 aliphatic heterocycles. The lowest BCUT2D eigenvalue weighted by Gasteiger charge is -2.35. The van der Waals surface area contributed by atoms with Crippen molar-refractivity contribution in [2.75, 3.05) is 6.61 Å². The summed E-state index contributed by atoms with van der Waals surface area (Å²) in [6.45, 7) is 1.04. The summed E-state index contributed by atoms with van der Waals surface area (Å²) < 4.78 is 50.5. The van der Waals surface area contributed by atoms with E-state index in [0.29, 0.717) is 12.1 Å². The molecule has 2 rings (SSSR count). The Balaban J connectivity index is 1.98. The number of nitrogens with zero attached hydrogens (tertiary/aromatic N) is 2. The Morgan fingerprint density at radius 1 is 1.09 bits per heavy atom. The highest BCUT2D eigenvalue weighted by Gasteiger charge is 2.45. The quantitative estimate of drug-likeness (QED) is 0.178. The van der Waals surface area contributed by atoms with Crippen LogP contribution >= 0.6 is 23.5 Å². The highest BCUT2D eigenvalue weighted by atomic mass is 31.3. The molecule has 3 N–H and O–H groups in total. The second-order valence-electron chi connectivity index (χ2n) is 7.64. The first-order valence-corrected chi connectivity index (χ1v) is 14.9. The van der Waals surface area contributed by atoms with Gasteiger partial charge in [0.25, 0.3) is 7.82 Å². The molecule has 0 bridgehead atoms. The fourth-order valence-corrected chi connectivity index (χ4v) is 6.14. The molecule has 1 fully saturated rings. The Labute approximate surface area is 199 Å². The van der Waals surface area contributed by atoms with E-state index in [1.807, 2.05) is 0 Å². The number of unbranched alkanes of at least 4 members (excludes halogenated alkanes) is 4. The van der Waals surface area contributed by atoms with Gasteiger partial charge in [0.2, 0.25) is 0 Å². The Hall–Kier alpha value is -0.830. The van der Waals surface area contributed by atoms with Gasteiger partial charge < -0.3 is 39.1 Å². The number of phosphoric ester groups is 1. The zero-order valence-corrected chi connectivity index (χ0v) is 21.2. The maximum absolute atomic E-state index is 12.4. The lowest BCUT2D eigenvalue weighted by Crippen LogP contribution is -2.36. The van der Waals surface area contributed by atoms with Gasteiger partial charge in [0, 0.05) is 11.9 Å². The lowest BCUT2D eigenvalue weighted by molar-refractivity contribution is -0.339. The van der Waals surface area contributed by atoms with Gasteiger partial charge in [-0.1, -0.05) is 32.6 Å². The summed E-state index contributed by atoms with van der Waals surface area (Å²) in [6.07, 6.45) is 0.488. The van der Waals surface area contributed by atoms with Gasteiger partial charge in [-0.2, -0.15) is 4.98 Å². The van der Waals surface area contributed by atoms with E-state index in [2.05, 4.69) is 25.1 Å². The van der Waals surface area contributed by atoms with Crippen molar-refractivity contribution >= 4 is 23.5 Å². The smallest absolute Gasteiger partial charge is 0.478 e. The van der Waals surface area contributed by atoms with E-state index in [4.69, 9.17) is 4.74 Å². The minimum Gasteiger partial charge on any atom is -0.790 e. The number of aryl methyl sites for hydroxylation is 1. The van der Waals surface area contributed by atoms with E-state index >= 15 is 0 Å². The van der Waals surface area contributed by atoms with Gasteiger partial charge >= 0.3 is 13.5 Å². The number of phosphoric acid groups is 3. The summed E-state index contributed by atoms with van der Waals surface area (Å²) in [6, 6.07) is 1.54. The molecular formula is C16H26N2O14P3-3. The van der Waals surface area contributed by atoms with Crippen LogP contribution in [0.2, 0.25) is 0 Å². The van der Waals surface area contributed by atoms with E-state index in [1.54, 1.807) is 6.07 Å². The topological polar surface area (TPSA) is 253 Å². The molecule has 0 aliphatic carbocycles. The van der Waals surface area contributed by atoms with Gasteiger partial charge in [0.1, 0.15) is 18.3 Å². The molecule has 0 amide bonds. The zero-order valence-electron chi connectivity index (χ0n) is 18.5. The molecule has 1 aromatic rings. The fraction of sp³-hybridized carbons (Fsp3) is 0.750. The monoisotopic (exact) mass is 563 g/mol. The van der Waals surface area contributed by atoms with Crippen LogP contribution in [0.1, 0.15) is 50.9 Å². The van der Waals surface area contributed by atoms with Crippen molar-refractivity contribution in [2.24, 2.45) is 0 Å². The summed E-state index contributed by atoms with van der Waals surface area (Å²) in [5.74, 6) is 0. The van der Waals surface area contributed by atoms with E-state index in [9.17, 15) is 48.3 Å². The maximum atomic E-state index is 12.4. The normalized spacial score (nSPS) is 26.4. The highest BCUT2D eigenvalue weighted by molar-refractivity contribution is 7.65. The lowest BCUT2D eigenvalue weighted by atomic mass is 10.1. The number of hydrogen-bond donors (Lipinski definition) is 3. The molecule has 0 spiro atoms. The van der Waals surface area contributed by atoms with Crippen molar-refractivity contribution in [2.45, 2.75) is 70.0 Å². The number of aliphatic hydroxyl groups excluding tert-OH is 2. The summed E-state index contributed by atoms with van der Waals surface area (Å²) >= 11 is 0. The van der Waals surface area contributed by atoms with E-state index in [1.165, 1.54) is 6.20 Å². The Bertz CT molecular complexity index is 1040. The predicted octanol–water partition coefficient (Wildman–Crippen LogP) is -1.18. The molecule has 0 aromatic carbocycles. The second kappa shape index (κ2) is 12.6. The number of aliphatic hydroxyl groups is 2. The number of ether oxygens (including phenoxy) is 1. The SMILES string of the molecule is CCCCCCCc1ccn([C@@H]2O[C@H](COP(=O)(O)OP(=O)([O-])OP(=O)([O-])[O-])C(O)[C@@H]2O)c(=O)n1. The predicted molar refractivity (Wildman–Crippen MR) is 110 cm³/mol. The van der Waals surface area contributed by atoms with Crippen LogP contribution < -0.4 is 20.4 Å². The molecule has 0 saturated carbocycles. The minimum absolute atomic E-state index is 0.527. The van der Waals surface area contributed by atoms with Gasteiger partial charge in [0.15, 0.2) is 6.23 Å². The zero-order chi connectivity index (χ0) is 26.4. The van der Waals surface area contributed by atoms with E-state index in [0.717, 1.165) is 36.7 Å². The summed E-state index contributed by atoms with van der Waals surface area (Å²) in [5, 5.41) is 20.4. The summed E-state index contributed by atoms with van der Waals surface area (Å²) in [7, 11) is -17.8. The largest absolute Gasteiger partial charge is 0.790 e. The average Bonchev–Trinajstić information content (AvgIpc) is 2.98. The van der Waals surface area contributed by atoms with Crippen molar-refractivity contribution in [3.63, 3.8) is 0 Å². The third-order valence-electron chi connectivity index (χ3n) is 4.84. The number of aromatic nitrogens is 2. The standard InChI is InChI=1S/C16H29N2O14P3/c1-2-3-4-5-6-7-11-8-9-18(16(21)17-11)15-14(20)13(19)12(30-15)10-29-34(25,26)32-35(27,28)31-33(22,23)24/h8-9,12-15,19-20H,2-7,10H2,1H3,(H,25,26)(H,27,28)(H2,22,23,24)/p-3/t12-,13?,14+,15-/m1/s1. The van der Waals surface area contributed by atoms with Crippen LogP contribution in [0, 0.1) is 0 Å². The molecule has 202 valence electrons. The Kier molecular flexibility index (Phi) is 11.0. The van der Waals surface area contributed by atoms with Crippen LogP contribution in [0.4, 0.5) is 0 Å². The van der Waals surface area contributed by atoms with Gasteiger partial charge in [-0.15, -0.1) is 0 Å². The summed E-state index contributed by atoms with van der Waals surface area (Å²) in [4.78, 5) is 57.7. The van der Waals surface area contributed by atoms with Gasteiger partial charge in [0.05, 0.1) is 14.4 Å². The first-order chi connectivity index (χ1) is 16.1. The van der Waals surface area contributed by atoms with Crippen molar-refractivity contribution in [3.8, 4) is 0 Å². The molecule has 0 radical (unpaired) electrons. The second-order valence-corrected chi connectivity index (χ2v) is 11.9. The third-order valence-corrected chi connectivity index (χ3v) is 8.54. The van der Waals surface area contributed by atoms with E-state index < -0.39 is 60.3 Å². The average molecular weight is 563 g/mol. The molecule has 1 aliphatic rings. The van der Waals surface area contributed by atoms with Gasteiger partial charge in [-0.05, 0) is 18.9 Å². The molecule has 16 nitrogen and oxygen atoms in total. The first-order valence-electron chi connectivity index (χ1n) is 10.5. The Morgan fingerprint density at radius 2 is 1.74 bits per heavy atom. The van der Waals surface area contributed by atoms with Crippen molar-refractivity contribution in [1.82, 2.24) is 9.55 Å². The maximum Gasteiger partial charge on any atom is 0.478 e. The number of rotatable bonds is 14. The van der Waals surface area contributed by atoms with Gasteiger partial charge in [-0.25, -0.2) is 13.7 Å². The molecule has 35 heavy (non-hydrogen) atoms. The van der Waals surface area contributed by atoms with Crippen LogP contribution in [0.25, 0.3) is 0 Å². The molecule has 19 heteroatoms. The van der Waals surface area contributed by atoms with Crippen molar-refractivity contribution < 1.29 is 61.4 Å². The van der Waals surface area contributed by atoms with Crippen molar-refractivity contribution in [3.05, 3.63) is 28.4 Å². The van der Waals surface area contributed by atoms with Crippen LogP contribution in [0.5, 0.6) is 0 Å². The molecule has 1 aromatic heterocycles. The van der Waals surface area contributed by atoms with Crippen LogP contribution in [-0.4, -0.2) is 49.6 Å². The van der Waals surface area contributed by atoms with Crippen LogP contribution in [0.3, 0.4) is 0 Å². The first kappa shape index (κ1) is 30.4. The molecule has 1 saturated heterocycles. The number of hydrogen-bond acceptors (Lipinski definition) is 14. The minimum atomic E-state index is -6.12. The van der Waals surface area contributed by atoms with Crippen molar-refractivity contribution in [1.29, 1.82) is 0 Å². The highest BCUT2D eigenvalue weighted by Crippen LogP contribution is 2.62. The van der Waals surface area contributed by atoms with Gasteiger partial charge in [-0.3, -0.25) is 18.0 Å².